The molecular formula is C19H30BrIN4O2. The van der Waals surface area contributed by atoms with Crippen LogP contribution in [0.15, 0.2) is 33.7 Å². The zero-order chi connectivity index (χ0) is 19.0. The molecular weight excluding hydrogens is 523 g/mol. The van der Waals surface area contributed by atoms with E-state index in [0.717, 1.165) is 29.6 Å². The van der Waals surface area contributed by atoms with Crippen LogP contribution in [0, 0.1) is 5.41 Å². The van der Waals surface area contributed by atoms with Gasteiger partial charge in [0.05, 0.1) is 13.1 Å². The highest BCUT2D eigenvalue weighted by Gasteiger charge is 2.41. The van der Waals surface area contributed by atoms with Crippen LogP contribution in [-0.2, 0) is 16.1 Å². The van der Waals surface area contributed by atoms with Gasteiger partial charge in [0.1, 0.15) is 0 Å². The van der Waals surface area contributed by atoms with Crippen molar-refractivity contribution < 1.29 is 9.53 Å². The first kappa shape index (κ1) is 24.2. The normalized spacial score (nSPS) is 14.9. The second-order valence-corrected chi connectivity index (χ2v) is 7.95. The number of halogens is 2. The summed E-state index contributed by atoms with van der Waals surface area (Å²) in [6, 6.07) is 8.09. The number of rotatable bonds is 9. The summed E-state index contributed by atoms with van der Waals surface area (Å²) in [5, 5.41) is 6.56. The molecule has 8 heteroatoms. The average Bonchev–Trinajstić information content (AvgIpc) is 3.40. The van der Waals surface area contributed by atoms with Gasteiger partial charge in [-0.3, -0.25) is 4.79 Å². The highest BCUT2D eigenvalue weighted by Crippen LogP contribution is 2.48. The summed E-state index contributed by atoms with van der Waals surface area (Å²) in [5.41, 5.74) is 1.43. The molecule has 6 nitrogen and oxygen atoms in total. The van der Waals surface area contributed by atoms with Crippen LogP contribution in [0.1, 0.15) is 24.8 Å². The molecule has 0 bridgehead atoms. The fourth-order valence-electron chi connectivity index (χ4n) is 2.53. The number of hydrogen-bond donors (Lipinski definition) is 2. The lowest BCUT2D eigenvalue weighted by molar-refractivity contribution is -0.127. The quantitative estimate of drug-likeness (QED) is 0.281. The fraction of sp³-hybridized carbons (Fsp3) is 0.579. The van der Waals surface area contributed by atoms with Crippen LogP contribution < -0.4 is 10.6 Å². The molecule has 0 radical (unpaired) electrons. The minimum Gasteiger partial charge on any atom is -0.385 e. The van der Waals surface area contributed by atoms with Gasteiger partial charge in [0.25, 0.3) is 0 Å². The van der Waals surface area contributed by atoms with Crippen molar-refractivity contribution in [1.29, 1.82) is 0 Å². The maximum atomic E-state index is 11.9. The molecule has 0 unspecified atom stereocenters. The summed E-state index contributed by atoms with van der Waals surface area (Å²) < 4.78 is 6.27. The number of amides is 1. The van der Waals surface area contributed by atoms with Crippen molar-refractivity contribution in [2.24, 2.45) is 10.4 Å². The Hall–Kier alpha value is -0.870. The lowest BCUT2D eigenvalue weighted by Crippen LogP contribution is -2.44. The number of hydrogen-bond acceptors (Lipinski definition) is 3. The number of nitrogens with zero attached hydrogens (tertiary/aromatic N) is 2. The third kappa shape index (κ3) is 8.78. The van der Waals surface area contributed by atoms with Crippen LogP contribution in [0.25, 0.3) is 0 Å². The van der Waals surface area contributed by atoms with Gasteiger partial charge in [-0.25, -0.2) is 4.99 Å². The van der Waals surface area contributed by atoms with E-state index in [1.165, 1.54) is 12.8 Å². The van der Waals surface area contributed by atoms with Crippen molar-refractivity contribution in [1.82, 2.24) is 15.5 Å². The maximum absolute atomic E-state index is 11.9. The van der Waals surface area contributed by atoms with Crippen molar-refractivity contribution in [3.05, 3.63) is 34.3 Å². The predicted octanol–water partition coefficient (Wildman–Crippen LogP) is 3.01. The lowest BCUT2D eigenvalue weighted by atomic mass is 10.0. The van der Waals surface area contributed by atoms with Gasteiger partial charge >= 0.3 is 0 Å². The molecule has 1 aliphatic rings. The van der Waals surface area contributed by atoms with Crippen molar-refractivity contribution >= 4 is 51.8 Å². The van der Waals surface area contributed by atoms with Gasteiger partial charge in [-0.05, 0) is 42.4 Å². The number of likely N-dealkylation sites (N-methyl/N-ethyl adjacent to an activating group) is 1. The molecule has 0 spiro atoms. The van der Waals surface area contributed by atoms with Crippen LogP contribution in [0.4, 0.5) is 0 Å². The minimum absolute atomic E-state index is 0. The van der Waals surface area contributed by atoms with Gasteiger partial charge < -0.3 is 20.3 Å². The summed E-state index contributed by atoms with van der Waals surface area (Å²) >= 11 is 3.44. The highest BCUT2D eigenvalue weighted by molar-refractivity contribution is 14.0. The number of carbonyl (C=O) groups is 1. The highest BCUT2D eigenvalue weighted by atomic mass is 127. The molecule has 1 saturated carbocycles. The Kier molecular flexibility index (Phi) is 10.6. The fourth-order valence-corrected chi connectivity index (χ4v) is 2.80. The smallest absolute Gasteiger partial charge is 0.241 e. The Balaban J connectivity index is 0.00000364. The van der Waals surface area contributed by atoms with Gasteiger partial charge in [0, 0.05) is 38.8 Å². The van der Waals surface area contributed by atoms with Crippen LogP contribution in [-0.4, -0.2) is 57.7 Å². The molecule has 0 atom stereocenters. The van der Waals surface area contributed by atoms with E-state index in [0.29, 0.717) is 17.9 Å². The molecule has 2 rings (SSSR count). The van der Waals surface area contributed by atoms with Gasteiger partial charge in [-0.15, -0.1) is 24.0 Å². The minimum atomic E-state index is 0. The zero-order valence-electron chi connectivity index (χ0n) is 16.3. The molecule has 0 aliphatic heterocycles. The number of guanidine groups is 1. The molecule has 27 heavy (non-hydrogen) atoms. The van der Waals surface area contributed by atoms with E-state index in [-0.39, 0.29) is 36.4 Å². The molecule has 0 aromatic heterocycles. The van der Waals surface area contributed by atoms with Crippen molar-refractivity contribution in [2.75, 3.05) is 40.9 Å². The second-order valence-electron chi connectivity index (χ2n) is 7.03. The molecule has 1 aromatic rings. The molecule has 0 heterocycles. The molecule has 2 N–H and O–H groups in total. The number of carbonyl (C=O) groups excluding carboxylic acids is 1. The maximum Gasteiger partial charge on any atom is 0.241 e. The third-order valence-corrected chi connectivity index (χ3v) is 5.19. The first-order valence-electron chi connectivity index (χ1n) is 8.90. The van der Waals surface area contributed by atoms with Gasteiger partial charge in [-0.1, -0.05) is 28.1 Å². The largest absolute Gasteiger partial charge is 0.385 e. The number of methoxy groups -OCH3 is 1. The van der Waals surface area contributed by atoms with E-state index < -0.39 is 0 Å². The second kappa shape index (κ2) is 11.9. The number of benzene rings is 1. The third-order valence-electron chi connectivity index (χ3n) is 4.66. The summed E-state index contributed by atoms with van der Waals surface area (Å²) in [6.07, 6.45) is 3.47. The Morgan fingerprint density at radius 2 is 1.93 bits per heavy atom. The summed E-state index contributed by atoms with van der Waals surface area (Å²) in [4.78, 5) is 18.1. The number of ether oxygens (including phenoxy) is 1. The SMILES string of the molecule is COCCC1(CNC(=NCc2ccc(Br)cc2)NCC(=O)N(C)C)CC1.I. The van der Waals surface area contributed by atoms with E-state index in [2.05, 4.69) is 31.6 Å². The molecule has 152 valence electrons. The monoisotopic (exact) mass is 552 g/mol. The summed E-state index contributed by atoms with van der Waals surface area (Å²) in [5.74, 6) is 0.690. The predicted molar refractivity (Wildman–Crippen MR) is 124 cm³/mol. The summed E-state index contributed by atoms with van der Waals surface area (Å²) in [6.45, 7) is 2.41. The topological polar surface area (TPSA) is 66.0 Å². The van der Waals surface area contributed by atoms with Crippen LogP contribution in [0.2, 0.25) is 0 Å². The standard InChI is InChI=1S/C19H29BrN4O2.HI/c1-24(2)17(25)13-22-18(21-12-15-4-6-16(20)7-5-15)23-14-19(8-9-19)10-11-26-3;/h4-7H,8-14H2,1-3H3,(H2,21,22,23);1H. The Labute approximate surface area is 187 Å². The van der Waals surface area contributed by atoms with Crippen molar-refractivity contribution in [2.45, 2.75) is 25.8 Å². The van der Waals surface area contributed by atoms with Crippen molar-refractivity contribution in [3.8, 4) is 0 Å². The van der Waals surface area contributed by atoms with E-state index in [4.69, 9.17) is 4.74 Å². The lowest BCUT2D eigenvalue weighted by Gasteiger charge is -2.19. The van der Waals surface area contributed by atoms with Crippen LogP contribution in [0.5, 0.6) is 0 Å². The number of aliphatic imine (C=N–C) groups is 1. The van der Waals surface area contributed by atoms with Gasteiger partial charge in [0.15, 0.2) is 5.96 Å². The molecule has 0 saturated heterocycles. The van der Waals surface area contributed by atoms with E-state index in [1.807, 2.05) is 24.3 Å². The van der Waals surface area contributed by atoms with E-state index >= 15 is 0 Å². The molecule has 1 aliphatic carbocycles. The van der Waals surface area contributed by atoms with Gasteiger partial charge in [0.2, 0.25) is 5.91 Å². The van der Waals surface area contributed by atoms with Gasteiger partial charge in [-0.2, -0.15) is 0 Å². The molecule has 1 aromatic carbocycles. The Bertz CT molecular complexity index is 619. The number of nitrogens with one attached hydrogen (secondary N) is 2. The average molecular weight is 553 g/mol. The molecule has 1 amide bonds. The zero-order valence-corrected chi connectivity index (χ0v) is 20.2. The van der Waals surface area contributed by atoms with E-state index in [9.17, 15) is 4.79 Å². The van der Waals surface area contributed by atoms with Crippen LogP contribution in [0.3, 0.4) is 0 Å². The first-order valence-corrected chi connectivity index (χ1v) is 9.69. The Morgan fingerprint density at radius 1 is 1.26 bits per heavy atom. The Morgan fingerprint density at radius 3 is 2.48 bits per heavy atom. The van der Waals surface area contributed by atoms with Crippen LogP contribution >= 0.6 is 39.9 Å². The van der Waals surface area contributed by atoms with Crippen molar-refractivity contribution in [3.63, 3.8) is 0 Å². The molecule has 1 fully saturated rings. The first-order chi connectivity index (χ1) is 12.4. The summed E-state index contributed by atoms with van der Waals surface area (Å²) in [7, 11) is 5.24. The van der Waals surface area contributed by atoms with E-state index in [1.54, 1.807) is 26.1 Å².